The van der Waals surface area contributed by atoms with E-state index in [1.165, 1.54) is 28.8 Å². The largest absolute Gasteiger partial charge is 0.350 e. The van der Waals surface area contributed by atoms with Gasteiger partial charge in [0.15, 0.2) is 0 Å². The van der Waals surface area contributed by atoms with Gasteiger partial charge in [-0.1, -0.05) is 29.8 Å². The first kappa shape index (κ1) is 24.4. The monoisotopic (exact) mass is 445 g/mol. The lowest BCUT2D eigenvalue weighted by Crippen LogP contribution is -2.43. The van der Waals surface area contributed by atoms with E-state index in [0.717, 1.165) is 11.1 Å². The first-order valence-electron chi connectivity index (χ1n) is 10.1. The van der Waals surface area contributed by atoms with Crippen LogP contribution in [0.4, 0.5) is 10.1 Å². The topological polar surface area (TPSA) is 78.5 Å². The molecule has 2 N–H and O–H groups in total. The normalized spacial score (nSPS) is 11.5. The molecular weight excluding hydrogens is 417 g/mol. The van der Waals surface area contributed by atoms with Gasteiger partial charge < -0.3 is 15.5 Å². The number of benzene rings is 2. The SMILES string of the molecule is CCN(CC(=O)NCc1ccc(F)cc1)C(=O)C(C)SCC(=O)Nc1ccc(C)cc1. The van der Waals surface area contributed by atoms with Crippen LogP contribution in [0.15, 0.2) is 48.5 Å². The molecule has 0 saturated heterocycles. The van der Waals surface area contributed by atoms with Gasteiger partial charge in [-0.25, -0.2) is 4.39 Å². The quantitative estimate of drug-likeness (QED) is 0.588. The molecule has 166 valence electrons. The summed E-state index contributed by atoms with van der Waals surface area (Å²) >= 11 is 1.23. The van der Waals surface area contributed by atoms with E-state index in [2.05, 4.69) is 10.6 Å². The highest BCUT2D eigenvalue weighted by Crippen LogP contribution is 2.15. The highest BCUT2D eigenvalue weighted by Gasteiger charge is 2.22. The summed E-state index contributed by atoms with van der Waals surface area (Å²) in [5.74, 6) is -0.887. The van der Waals surface area contributed by atoms with Crippen LogP contribution >= 0.6 is 11.8 Å². The predicted molar refractivity (Wildman–Crippen MR) is 122 cm³/mol. The van der Waals surface area contributed by atoms with Crippen LogP contribution in [0, 0.1) is 12.7 Å². The number of hydrogen-bond acceptors (Lipinski definition) is 4. The number of halogens is 1. The molecule has 2 rings (SSSR count). The Morgan fingerprint density at radius 1 is 1.03 bits per heavy atom. The summed E-state index contributed by atoms with van der Waals surface area (Å²) in [4.78, 5) is 38.5. The number of likely N-dealkylation sites (N-methyl/N-ethyl adjacent to an activating group) is 1. The molecule has 0 bridgehead atoms. The molecule has 0 aromatic heterocycles. The molecule has 1 atom stereocenters. The van der Waals surface area contributed by atoms with Crippen molar-refractivity contribution in [2.75, 3.05) is 24.2 Å². The van der Waals surface area contributed by atoms with Crippen molar-refractivity contribution in [1.82, 2.24) is 10.2 Å². The summed E-state index contributed by atoms with van der Waals surface area (Å²) in [6, 6.07) is 13.3. The summed E-state index contributed by atoms with van der Waals surface area (Å²) in [5.41, 5.74) is 2.59. The first-order chi connectivity index (χ1) is 14.8. The Labute approximate surface area is 186 Å². The van der Waals surface area contributed by atoms with Crippen LogP contribution in [-0.4, -0.2) is 46.7 Å². The Hall–Kier alpha value is -2.87. The average molecular weight is 446 g/mol. The molecule has 1 unspecified atom stereocenters. The lowest BCUT2D eigenvalue weighted by molar-refractivity contribution is -0.135. The lowest BCUT2D eigenvalue weighted by Gasteiger charge is -2.23. The number of carbonyl (C=O) groups excluding carboxylic acids is 3. The molecule has 0 radical (unpaired) electrons. The zero-order valence-electron chi connectivity index (χ0n) is 18.0. The molecule has 3 amide bonds. The number of nitrogens with zero attached hydrogens (tertiary/aromatic N) is 1. The third kappa shape index (κ3) is 8.41. The smallest absolute Gasteiger partial charge is 0.239 e. The van der Waals surface area contributed by atoms with E-state index in [1.54, 1.807) is 26.0 Å². The van der Waals surface area contributed by atoms with Gasteiger partial charge in [-0.3, -0.25) is 14.4 Å². The molecule has 0 fully saturated rings. The number of amides is 3. The minimum Gasteiger partial charge on any atom is -0.350 e. The fraction of sp³-hybridized carbons (Fsp3) is 0.348. The van der Waals surface area contributed by atoms with Crippen molar-refractivity contribution in [3.8, 4) is 0 Å². The van der Waals surface area contributed by atoms with Gasteiger partial charge in [0.1, 0.15) is 5.82 Å². The number of aryl methyl sites for hydroxylation is 1. The molecule has 0 aliphatic rings. The standard InChI is InChI=1S/C23H28FN3O3S/c1-4-27(14-21(28)25-13-18-7-9-19(24)10-8-18)23(30)17(3)31-15-22(29)26-20-11-5-16(2)6-12-20/h5-12,17H,4,13-15H2,1-3H3,(H,25,28)(H,26,29). The molecule has 0 spiro atoms. The van der Waals surface area contributed by atoms with E-state index in [0.29, 0.717) is 12.2 Å². The van der Waals surface area contributed by atoms with Crippen LogP contribution in [0.3, 0.4) is 0 Å². The molecule has 0 aliphatic carbocycles. The number of thioether (sulfide) groups is 1. The van der Waals surface area contributed by atoms with Crippen LogP contribution < -0.4 is 10.6 Å². The van der Waals surface area contributed by atoms with Crippen molar-refractivity contribution in [3.05, 3.63) is 65.5 Å². The molecule has 2 aromatic rings. The zero-order chi connectivity index (χ0) is 22.8. The van der Waals surface area contributed by atoms with Crippen LogP contribution in [-0.2, 0) is 20.9 Å². The lowest BCUT2D eigenvalue weighted by atomic mass is 10.2. The van der Waals surface area contributed by atoms with Crippen molar-refractivity contribution in [2.24, 2.45) is 0 Å². The second-order valence-electron chi connectivity index (χ2n) is 7.12. The van der Waals surface area contributed by atoms with Crippen LogP contribution in [0.5, 0.6) is 0 Å². The van der Waals surface area contributed by atoms with E-state index in [1.807, 2.05) is 31.2 Å². The molecule has 31 heavy (non-hydrogen) atoms. The van der Waals surface area contributed by atoms with E-state index >= 15 is 0 Å². The fourth-order valence-electron chi connectivity index (χ4n) is 2.74. The summed E-state index contributed by atoms with van der Waals surface area (Å²) in [6.45, 7) is 6.06. The first-order valence-corrected chi connectivity index (χ1v) is 11.1. The minimum absolute atomic E-state index is 0.0724. The number of rotatable bonds is 10. The van der Waals surface area contributed by atoms with Gasteiger partial charge in [0.2, 0.25) is 17.7 Å². The Bertz CT molecular complexity index is 888. The maximum atomic E-state index is 12.9. The third-order valence-electron chi connectivity index (χ3n) is 4.58. The van der Waals surface area contributed by atoms with Crippen molar-refractivity contribution >= 4 is 35.2 Å². The molecule has 0 heterocycles. The van der Waals surface area contributed by atoms with E-state index in [9.17, 15) is 18.8 Å². The molecule has 8 heteroatoms. The number of hydrogen-bond donors (Lipinski definition) is 2. The maximum Gasteiger partial charge on any atom is 0.239 e. The third-order valence-corrected chi connectivity index (χ3v) is 5.71. The van der Waals surface area contributed by atoms with Crippen LogP contribution in [0.1, 0.15) is 25.0 Å². The van der Waals surface area contributed by atoms with Gasteiger partial charge in [0.05, 0.1) is 17.5 Å². The Morgan fingerprint density at radius 3 is 2.29 bits per heavy atom. The maximum absolute atomic E-state index is 12.9. The Morgan fingerprint density at radius 2 is 1.68 bits per heavy atom. The second-order valence-corrected chi connectivity index (χ2v) is 8.45. The van der Waals surface area contributed by atoms with E-state index < -0.39 is 5.25 Å². The number of nitrogens with one attached hydrogen (secondary N) is 2. The molecule has 6 nitrogen and oxygen atoms in total. The van der Waals surface area contributed by atoms with Crippen LogP contribution in [0.2, 0.25) is 0 Å². The van der Waals surface area contributed by atoms with Gasteiger partial charge in [0.25, 0.3) is 0 Å². The van der Waals surface area contributed by atoms with Crippen molar-refractivity contribution in [2.45, 2.75) is 32.6 Å². The molecule has 0 saturated carbocycles. The van der Waals surface area contributed by atoms with E-state index in [-0.39, 0.29) is 42.4 Å². The highest BCUT2D eigenvalue weighted by atomic mass is 32.2. The van der Waals surface area contributed by atoms with Gasteiger partial charge in [0, 0.05) is 18.8 Å². The molecule has 0 aliphatic heterocycles. The zero-order valence-corrected chi connectivity index (χ0v) is 18.8. The van der Waals surface area contributed by atoms with Crippen molar-refractivity contribution < 1.29 is 18.8 Å². The van der Waals surface area contributed by atoms with Gasteiger partial charge in [-0.2, -0.15) is 0 Å². The summed E-state index contributed by atoms with van der Waals surface area (Å²) in [7, 11) is 0. The number of anilines is 1. The van der Waals surface area contributed by atoms with Crippen molar-refractivity contribution in [3.63, 3.8) is 0 Å². The Balaban J connectivity index is 1.77. The molecular formula is C23H28FN3O3S. The highest BCUT2D eigenvalue weighted by molar-refractivity contribution is 8.01. The number of carbonyl (C=O) groups is 3. The predicted octanol–water partition coefficient (Wildman–Crippen LogP) is 3.36. The van der Waals surface area contributed by atoms with Gasteiger partial charge in [-0.15, -0.1) is 11.8 Å². The summed E-state index contributed by atoms with van der Waals surface area (Å²) in [6.07, 6.45) is 0. The summed E-state index contributed by atoms with van der Waals surface area (Å²) in [5, 5.41) is 5.07. The second kappa shape index (κ2) is 12.1. The minimum atomic E-state index is -0.464. The van der Waals surface area contributed by atoms with Gasteiger partial charge >= 0.3 is 0 Å². The molecule has 2 aromatic carbocycles. The van der Waals surface area contributed by atoms with Crippen molar-refractivity contribution in [1.29, 1.82) is 0 Å². The van der Waals surface area contributed by atoms with E-state index in [4.69, 9.17) is 0 Å². The fourth-order valence-corrected chi connectivity index (χ4v) is 3.51. The van der Waals surface area contributed by atoms with Gasteiger partial charge in [-0.05, 0) is 50.6 Å². The van der Waals surface area contributed by atoms with Crippen LogP contribution in [0.25, 0.3) is 0 Å². The average Bonchev–Trinajstić information content (AvgIpc) is 2.76. The Kier molecular flexibility index (Phi) is 9.52. The summed E-state index contributed by atoms with van der Waals surface area (Å²) < 4.78 is 12.9.